The van der Waals surface area contributed by atoms with E-state index in [-0.39, 0.29) is 6.03 Å². The first kappa shape index (κ1) is 11.6. The molecule has 2 aromatic heterocycles. The maximum Gasteiger partial charge on any atom is 0.319 e. The van der Waals surface area contributed by atoms with Crippen LogP contribution in [-0.2, 0) is 6.42 Å². The average molecular weight is 251 g/mol. The molecule has 17 heavy (non-hydrogen) atoms. The Balaban J connectivity index is 1.70. The first-order valence-corrected chi connectivity index (χ1v) is 6.06. The fourth-order valence-electron chi connectivity index (χ4n) is 1.32. The number of nitrogens with one attached hydrogen (secondary N) is 3. The van der Waals surface area contributed by atoms with Gasteiger partial charge in [0.2, 0.25) is 0 Å². The molecule has 2 amide bonds. The Bertz CT molecular complexity index is 479. The third-order valence-corrected chi connectivity index (χ3v) is 2.91. The van der Waals surface area contributed by atoms with Crippen molar-refractivity contribution in [3.8, 4) is 0 Å². The van der Waals surface area contributed by atoms with Crippen LogP contribution in [0.4, 0.5) is 10.5 Å². The SMILES string of the molecule is Cc1nc(CCNC(=O)Nc2cn[nH]c2)cs1. The van der Waals surface area contributed by atoms with E-state index in [1.54, 1.807) is 23.7 Å². The number of H-pyrrole nitrogens is 1. The number of amides is 2. The minimum atomic E-state index is -0.238. The van der Waals surface area contributed by atoms with Gasteiger partial charge in [-0.05, 0) is 6.92 Å². The molecule has 0 aliphatic carbocycles. The second-order valence-corrected chi connectivity index (χ2v) is 4.54. The van der Waals surface area contributed by atoms with E-state index in [9.17, 15) is 4.79 Å². The van der Waals surface area contributed by atoms with Crippen molar-refractivity contribution in [1.82, 2.24) is 20.5 Å². The summed E-state index contributed by atoms with van der Waals surface area (Å²) in [6, 6.07) is -0.238. The van der Waals surface area contributed by atoms with Crippen LogP contribution >= 0.6 is 11.3 Å². The van der Waals surface area contributed by atoms with Crippen molar-refractivity contribution >= 4 is 23.1 Å². The lowest BCUT2D eigenvalue weighted by molar-refractivity contribution is 0.252. The summed E-state index contributed by atoms with van der Waals surface area (Å²) in [6.07, 6.45) is 3.90. The molecule has 0 aromatic carbocycles. The predicted molar refractivity (Wildman–Crippen MR) is 66.2 cm³/mol. The van der Waals surface area contributed by atoms with Gasteiger partial charge in [0.15, 0.2) is 0 Å². The second kappa shape index (κ2) is 5.44. The fraction of sp³-hybridized carbons (Fsp3) is 0.300. The lowest BCUT2D eigenvalue weighted by Crippen LogP contribution is -2.30. The van der Waals surface area contributed by atoms with E-state index in [1.807, 2.05) is 12.3 Å². The first-order valence-electron chi connectivity index (χ1n) is 5.18. The molecule has 7 heteroatoms. The monoisotopic (exact) mass is 251 g/mol. The van der Waals surface area contributed by atoms with E-state index in [0.717, 1.165) is 17.1 Å². The van der Waals surface area contributed by atoms with Gasteiger partial charge < -0.3 is 10.6 Å². The number of aromatic nitrogens is 3. The number of hydrogen-bond acceptors (Lipinski definition) is 4. The minimum Gasteiger partial charge on any atom is -0.337 e. The molecule has 2 heterocycles. The van der Waals surface area contributed by atoms with Gasteiger partial charge in [0, 0.05) is 24.5 Å². The topological polar surface area (TPSA) is 82.7 Å². The lowest BCUT2D eigenvalue weighted by atomic mass is 10.3. The number of aryl methyl sites for hydroxylation is 1. The molecule has 0 bridgehead atoms. The summed E-state index contributed by atoms with van der Waals surface area (Å²) in [5.41, 5.74) is 1.66. The molecule has 0 fully saturated rings. The van der Waals surface area contributed by atoms with Crippen LogP contribution in [0, 0.1) is 6.92 Å². The molecule has 0 atom stereocenters. The van der Waals surface area contributed by atoms with E-state index >= 15 is 0 Å². The van der Waals surface area contributed by atoms with Gasteiger partial charge in [-0.3, -0.25) is 5.10 Å². The van der Waals surface area contributed by atoms with Crippen molar-refractivity contribution in [3.05, 3.63) is 28.5 Å². The van der Waals surface area contributed by atoms with Crippen molar-refractivity contribution in [3.63, 3.8) is 0 Å². The number of thiazole rings is 1. The van der Waals surface area contributed by atoms with Gasteiger partial charge in [0.05, 0.1) is 22.6 Å². The molecule has 90 valence electrons. The van der Waals surface area contributed by atoms with Crippen molar-refractivity contribution < 1.29 is 4.79 Å². The number of rotatable bonds is 4. The van der Waals surface area contributed by atoms with Gasteiger partial charge in [0.1, 0.15) is 0 Å². The van der Waals surface area contributed by atoms with E-state index in [4.69, 9.17) is 0 Å². The predicted octanol–water partition coefficient (Wildman–Crippen LogP) is 1.54. The zero-order valence-corrected chi connectivity index (χ0v) is 10.2. The maximum absolute atomic E-state index is 11.4. The summed E-state index contributed by atoms with van der Waals surface area (Å²) >= 11 is 1.62. The van der Waals surface area contributed by atoms with Gasteiger partial charge >= 0.3 is 6.03 Å². The summed E-state index contributed by atoms with van der Waals surface area (Å²) in [4.78, 5) is 15.7. The molecule has 0 saturated carbocycles. The molecule has 3 N–H and O–H groups in total. The number of urea groups is 1. The zero-order chi connectivity index (χ0) is 12.1. The lowest BCUT2D eigenvalue weighted by Gasteiger charge is -2.04. The van der Waals surface area contributed by atoms with Crippen LogP contribution in [0.15, 0.2) is 17.8 Å². The van der Waals surface area contributed by atoms with E-state index in [1.165, 1.54) is 0 Å². The van der Waals surface area contributed by atoms with Gasteiger partial charge in [-0.1, -0.05) is 0 Å². The molecule has 0 spiro atoms. The van der Waals surface area contributed by atoms with Crippen molar-refractivity contribution in [2.75, 3.05) is 11.9 Å². The van der Waals surface area contributed by atoms with Gasteiger partial charge in [-0.25, -0.2) is 9.78 Å². The molecule has 2 aromatic rings. The normalized spacial score (nSPS) is 10.2. The highest BCUT2D eigenvalue weighted by Crippen LogP contribution is 2.07. The molecule has 0 saturated heterocycles. The quantitative estimate of drug-likeness (QED) is 0.770. The van der Waals surface area contributed by atoms with Crippen molar-refractivity contribution in [1.29, 1.82) is 0 Å². The summed E-state index contributed by atoms with van der Waals surface area (Å²) < 4.78 is 0. The smallest absolute Gasteiger partial charge is 0.319 e. The summed E-state index contributed by atoms with van der Waals surface area (Å²) in [5, 5.41) is 14.8. The average Bonchev–Trinajstić information content (AvgIpc) is 2.90. The third-order valence-electron chi connectivity index (χ3n) is 2.09. The summed E-state index contributed by atoms with van der Waals surface area (Å²) in [7, 11) is 0. The number of carbonyl (C=O) groups is 1. The molecule has 0 unspecified atom stereocenters. The molecule has 6 nitrogen and oxygen atoms in total. The minimum absolute atomic E-state index is 0.238. The van der Waals surface area contributed by atoms with Crippen molar-refractivity contribution in [2.45, 2.75) is 13.3 Å². The van der Waals surface area contributed by atoms with Crippen LogP contribution in [0.1, 0.15) is 10.7 Å². The number of anilines is 1. The van der Waals surface area contributed by atoms with E-state index in [0.29, 0.717) is 12.2 Å². The Labute approximate surface area is 102 Å². The first-order chi connectivity index (χ1) is 8.24. The van der Waals surface area contributed by atoms with E-state index in [2.05, 4.69) is 25.8 Å². The zero-order valence-electron chi connectivity index (χ0n) is 9.36. The number of hydrogen-bond donors (Lipinski definition) is 3. The Hall–Kier alpha value is -1.89. The van der Waals surface area contributed by atoms with Crippen LogP contribution in [0.5, 0.6) is 0 Å². The summed E-state index contributed by atoms with van der Waals surface area (Å²) in [5.74, 6) is 0. The third kappa shape index (κ3) is 3.56. The number of nitrogens with zero attached hydrogens (tertiary/aromatic N) is 2. The largest absolute Gasteiger partial charge is 0.337 e. The maximum atomic E-state index is 11.4. The Morgan fingerprint density at radius 1 is 1.59 bits per heavy atom. The van der Waals surface area contributed by atoms with Crippen LogP contribution < -0.4 is 10.6 Å². The van der Waals surface area contributed by atoms with Crippen LogP contribution in [-0.4, -0.2) is 27.8 Å². The molecule has 0 aliphatic rings. The highest BCUT2D eigenvalue weighted by Gasteiger charge is 2.02. The Morgan fingerprint density at radius 3 is 3.12 bits per heavy atom. The highest BCUT2D eigenvalue weighted by atomic mass is 32.1. The molecular formula is C10H13N5OS. The van der Waals surface area contributed by atoms with Crippen molar-refractivity contribution in [2.24, 2.45) is 0 Å². The van der Waals surface area contributed by atoms with Gasteiger partial charge in [-0.15, -0.1) is 11.3 Å². The molecular weight excluding hydrogens is 238 g/mol. The van der Waals surface area contributed by atoms with Crippen LogP contribution in [0.2, 0.25) is 0 Å². The van der Waals surface area contributed by atoms with E-state index < -0.39 is 0 Å². The number of carbonyl (C=O) groups excluding carboxylic acids is 1. The second-order valence-electron chi connectivity index (χ2n) is 3.48. The standard InChI is InChI=1S/C10H13N5OS/c1-7-14-8(6-17-7)2-3-11-10(16)15-9-4-12-13-5-9/h4-6H,2-3H2,1H3,(H,12,13)(H2,11,15,16). The van der Waals surface area contributed by atoms with Crippen LogP contribution in [0.3, 0.4) is 0 Å². The number of aromatic amines is 1. The highest BCUT2D eigenvalue weighted by molar-refractivity contribution is 7.09. The van der Waals surface area contributed by atoms with Crippen LogP contribution in [0.25, 0.3) is 0 Å². The van der Waals surface area contributed by atoms with Gasteiger partial charge in [0.25, 0.3) is 0 Å². The fourth-order valence-corrected chi connectivity index (χ4v) is 1.97. The Morgan fingerprint density at radius 2 is 2.47 bits per heavy atom. The molecule has 0 aliphatic heterocycles. The van der Waals surface area contributed by atoms with Gasteiger partial charge in [-0.2, -0.15) is 5.10 Å². The molecule has 2 rings (SSSR count). The summed E-state index contributed by atoms with van der Waals surface area (Å²) in [6.45, 7) is 2.53. The molecule has 0 radical (unpaired) electrons. The Kier molecular flexibility index (Phi) is 3.71.